The maximum Gasteiger partial charge on any atom is 0.104 e. The Balaban J connectivity index is 1.91. The fourth-order valence-corrected chi connectivity index (χ4v) is 3.37. The highest BCUT2D eigenvalue weighted by atomic mass is 32.2. The van der Waals surface area contributed by atoms with Gasteiger partial charge >= 0.3 is 0 Å². The first-order valence-corrected chi connectivity index (χ1v) is 9.01. The van der Waals surface area contributed by atoms with E-state index in [4.69, 9.17) is 11.5 Å². The van der Waals surface area contributed by atoms with Gasteiger partial charge in [0.05, 0.1) is 10.6 Å². The van der Waals surface area contributed by atoms with Crippen LogP contribution in [0.5, 0.6) is 0 Å². The van der Waals surface area contributed by atoms with Gasteiger partial charge in [-0.05, 0) is 59.2 Å². The normalized spacial score (nSPS) is 12.7. The van der Waals surface area contributed by atoms with E-state index < -0.39 is 6.10 Å². The molecule has 5 nitrogen and oxygen atoms in total. The van der Waals surface area contributed by atoms with Gasteiger partial charge in [-0.15, -0.1) is 0 Å². The molecule has 134 valence electrons. The lowest BCUT2D eigenvalue weighted by Gasteiger charge is -2.13. The minimum Gasteiger partial charge on any atom is -0.399 e. The van der Waals surface area contributed by atoms with Crippen LogP contribution in [0.4, 0.5) is 5.69 Å². The van der Waals surface area contributed by atoms with Gasteiger partial charge < -0.3 is 16.6 Å². The molecular weight excluding hydrogens is 356 g/mol. The zero-order chi connectivity index (χ0) is 19.2. The van der Waals surface area contributed by atoms with Crippen molar-refractivity contribution in [2.45, 2.75) is 11.0 Å². The lowest BCUT2D eigenvalue weighted by molar-refractivity contribution is 0.220. The maximum atomic E-state index is 10.6. The van der Waals surface area contributed by atoms with Crippen LogP contribution < -0.4 is 11.5 Å². The van der Waals surface area contributed by atoms with Crippen LogP contribution in [-0.4, -0.2) is 10.1 Å². The number of hydrogen-bond donors (Lipinski definition) is 3. The zero-order valence-electron chi connectivity index (χ0n) is 14.4. The summed E-state index contributed by atoms with van der Waals surface area (Å²) in [5.74, 6) is 0. The van der Waals surface area contributed by atoms with E-state index in [-0.39, 0.29) is 0 Å². The molecule has 5 N–H and O–H groups in total. The van der Waals surface area contributed by atoms with Gasteiger partial charge in [-0.2, -0.15) is 5.26 Å². The monoisotopic (exact) mass is 374 g/mol. The number of aromatic nitrogens is 1. The Morgan fingerprint density at radius 3 is 2.41 bits per heavy atom. The molecule has 1 aromatic heterocycles. The van der Waals surface area contributed by atoms with Crippen molar-refractivity contribution in [1.29, 1.82) is 5.26 Å². The van der Waals surface area contributed by atoms with Crippen molar-refractivity contribution in [3.05, 3.63) is 94.8 Å². The number of aliphatic hydroxyl groups is 1. The molecule has 1 heterocycles. The Kier molecular flexibility index (Phi) is 5.77. The van der Waals surface area contributed by atoms with Gasteiger partial charge in [0.2, 0.25) is 0 Å². The van der Waals surface area contributed by atoms with E-state index in [0.29, 0.717) is 27.4 Å². The first kappa shape index (κ1) is 18.5. The van der Waals surface area contributed by atoms with Crippen molar-refractivity contribution in [2.75, 3.05) is 5.73 Å². The van der Waals surface area contributed by atoms with Crippen molar-refractivity contribution in [2.24, 2.45) is 5.73 Å². The van der Waals surface area contributed by atoms with Crippen molar-refractivity contribution in [3.63, 3.8) is 0 Å². The smallest absolute Gasteiger partial charge is 0.104 e. The molecule has 0 aliphatic carbocycles. The molecule has 1 unspecified atom stereocenters. The molecule has 27 heavy (non-hydrogen) atoms. The molecular formula is C21H18N4OS. The SMILES string of the molecule is N#CC(=C(N)Sc1ccc(N)cc1)c1cccc(C(O)c2ccncc2)c1. The highest BCUT2D eigenvalue weighted by Crippen LogP contribution is 2.31. The van der Waals surface area contributed by atoms with Crippen LogP contribution in [0.1, 0.15) is 22.8 Å². The van der Waals surface area contributed by atoms with Crippen molar-refractivity contribution in [3.8, 4) is 6.07 Å². The van der Waals surface area contributed by atoms with Gasteiger partial charge in [0.15, 0.2) is 0 Å². The molecule has 0 amide bonds. The number of rotatable bonds is 5. The Morgan fingerprint density at radius 2 is 1.74 bits per heavy atom. The predicted molar refractivity (Wildman–Crippen MR) is 108 cm³/mol. The summed E-state index contributed by atoms with van der Waals surface area (Å²) >= 11 is 1.30. The van der Waals surface area contributed by atoms with Crippen LogP contribution in [-0.2, 0) is 0 Å². The first-order chi connectivity index (χ1) is 13.1. The molecule has 0 saturated heterocycles. The number of nitriles is 1. The Bertz CT molecular complexity index is 995. The summed E-state index contributed by atoms with van der Waals surface area (Å²) in [5, 5.41) is 20.6. The minimum absolute atomic E-state index is 0.362. The first-order valence-electron chi connectivity index (χ1n) is 8.20. The number of benzene rings is 2. The van der Waals surface area contributed by atoms with Gasteiger partial charge in [-0.1, -0.05) is 30.0 Å². The summed E-state index contributed by atoms with van der Waals surface area (Å²) < 4.78 is 0. The van der Waals surface area contributed by atoms with E-state index in [2.05, 4.69) is 11.1 Å². The molecule has 0 aliphatic rings. The molecule has 1 atom stereocenters. The Hall–Kier alpha value is -3.27. The zero-order valence-corrected chi connectivity index (χ0v) is 15.2. The third-order valence-electron chi connectivity index (χ3n) is 3.98. The average molecular weight is 374 g/mol. The van der Waals surface area contributed by atoms with Gasteiger partial charge in [-0.3, -0.25) is 4.98 Å². The fourth-order valence-electron chi connectivity index (χ4n) is 2.58. The highest BCUT2D eigenvalue weighted by Gasteiger charge is 2.14. The molecule has 0 saturated carbocycles. The van der Waals surface area contributed by atoms with Crippen LogP contribution in [0.3, 0.4) is 0 Å². The van der Waals surface area contributed by atoms with E-state index in [0.717, 1.165) is 10.5 Å². The Labute approximate surface area is 162 Å². The lowest BCUT2D eigenvalue weighted by Crippen LogP contribution is -2.02. The topological polar surface area (TPSA) is 109 Å². The summed E-state index contributed by atoms with van der Waals surface area (Å²) in [5.41, 5.74) is 15.0. The number of nitrogen functional groups attached to an aromatic ring is 1. The van der Waals surface area contributed by atoms with E-state index >= 15 is 0 Å². The molecule has 0 bridgehead atoms. The van der Waals surface area contributed by atoms with E-state index in [1.54, 1.807) is 54.9 Å². The van der Waals surface area contributed by atoms with Crippen molar-refractivity contribution in [1.82, 2.24) is 4.98 Å². The summed E-state index contributed by atoms with van der Waals surface area (Å²) in [7, 11) is 0. The second-order valence-corrected chi connectivity index (χ2v) is 6.95. The van der Waals surface area contributed by atoms with E-state index in [1.165, 1.54) is 11.8 Å². The number of allylic oxidation sites excluding steroid dienone is 1. The second-order valence-electron chi connectivity index (χ2n) is 5.83. The molecule has 0 aliphatic heterocycles. The third-order valence-corrected chi connectivity index (χ3v) is 4.91. The third kappa shape index (κ3) is 4.47. The molecule has 6 heteroatoms. The van der Waals surface area contributed by atoms with Crippen LogP contribution in [0.15, 0.2) is 83.0 Å². The van der Waals surface area contributed by atoms with Crippen LogP contribution >= 0.6 is 11.8 Å². The maximum absolute atomic E-state index is 10.6. The molecule has 3 aromatic rings. The molecule has 0 radical (unpaired) electrons. The average Bonchev–Trinajstić information content (AvgIpc) is 2.70. The number of anilines is 1. The van der Waals surface area contributed by atoms with Gasteiger partial charge in [-0.25, -0.2) is 0 Å². The predicted octanol–water partition coefficient (Wildman–Crippen LogP) is 3.69. The molecule has 2 aromatic carbocycles. The lowest BCUT2D eigenvalue weighted by atomic mass is 9.98. The highest BCUT2D eigenvalue weighted by molar-refractivity contribution is 8.03. The van der Waals surface area contributed by atoms with Gasteiger partial charge in [0.25, 0.3) is 0 Å². The summed E-state index contributed by atoms with van der Waals surface area (Å²) in [6.45, 7) is 0. The van der Waals surface area contributed by atoms with Crippen LogP contribution in [0.25, 0.3) is 5.57 Å². The molecule has 0 fully saturated rings. The second kappa shape index (κ2) is 8.41. The largest absolute Gasteiger partial charge is 0.399 e. The van der Waals surface area contributed by atoms with Gasteiger partial charge in [0.1, 0.15) is 12.2 Å². The number of nitrogens with two attached hydrogens (primary N) is 2. The van der Waals surface area contributed by atoms with Crippen LogP contribution in [0, 0.1) is 11.3 Å². The standard InChI is InChI=1S/C21H18N4OS/c22-13-19(21(24)27-18-6-4-17(23)5-7-18)15-2-1-3-16(12-15)20(26)14-8-10-25-11-9-14/h1-12,20,26H,23-24H2. The fraction of sp³-hybridized carbons (Fsp3) is 0.0476. The molecule has 0 spiro atoms. The molecule has 3 rings (SSSR count). The summed E-state index contributed by atoms with van der Waals surface area (Å²) in [4.78, 5) is 4.85. The van der Waals surface area contributed by atoms with Crippen LogP contribution in [0.2, 0.25) is 0 Å². The van der Waals surface area contributed by atoms with E-state index in [1.807, 2.05) is 18.2 Å². The number of nitrogens with zero attached hydrogens (tertiary/aromatic N) is 2. The van der Waals surface area contributed by atoms with Crippen molar-refractivity contribution >= 4 is 23.0 Å². The number of pyridine rings is 1. The summed E-state index contributed by atoms with van der Waals surface area (Å²) in [6.07, 6.45) is 2.45. The number of aliphatic hydroxyl groups excluding tert-OH is 1. The number of hydrogen-bond acceptors (Lipinski definition) is 6. The minimum atomic E-state index is -0.807. The summed E-state index contributed by atoms with van der Waals surface area (Å²) in [6, 6.07) is 20.1. The Morgan fingerprint density at radius 1 is 1.04 bits per heavy atom. The number of thioether (sulfide) groups is 1. The van der Waals surface area contributed by atoms with Crippen molar-refractivity contribution < 1.29 is 5.11 Å². The quantitative estimate of drug-likeness (QED) is 0.357. The van der Waals surface area contributed by atoms with E-state index in [9.17, 15) is 10.4 Å². The van der Waals surface area contributed by atoms with Gasteiger partial charge in [0, 0.05) is 23.0 Å².